The lowest BCUT2D eigenvalue weighted by molar-refractivity contribution is 0.0865. The highest BCUT2D eigenvalue weighted by Gasteiger charge is 2.19. The standard InChI is InChI=1S/C13H17BrFNO2/c1-8(2)11(7-18-3)16-13(17)9-5-4-6-10(15)12(9)14/h4-6,8,11H,7H2,1-3H3,(H,16,17). The molecule has 18 heavy (non-hydrogen) atoms. The molecule has 0 spiro atoms. The number of carbonyl (C=O) groups is 1. The maximum atomic E-state index is 13.3. The molecule has 1 atom stereocenters. The Morgan fingerprint density at radius 3 is 2.72 bits per heavy atom. The van der Waals surface area contributed by atoms with Gasteiger partial charge in [0, 0.05) is 7.11 Å². The van der Waals surface area contributed by atoms with E-state index in [1.807, 2.05) is 13.8 Å². The summed E-state index contributed by atoms with van der Waals surface area (Å²) < 4.78 is 18.6. The Labute approximate surface area is 115 Å². The number of rotatable bonds is 5. The lowest BCUT2D eigenvalue weighted by Crippen LogP contribution is -2.41. The van der Waals surface area contributed by atoms with Crippen LogP contribution in [-0.2, 0) is 4.74 Å². The molecule has 1 aromatic rings. The fourth-order valence-electron chi connectivity index (χ4n) is 1.51. The average Bonchev–Trinajstić information content (AvgIpc) is 2.31. The monoisotopic (exact) mass is 317 g/mol. The van der Waals surface area contributed by atoms with Crippen molar-refractivity contribution in [3.63, 3.8) is 0 Å². The van der Waals surface area contributed by atoms with Crippen LogP contribution < -0.4 is 5.32 Å². The Balaban J connectivity index is 2.84. The lowest BCUT2D eigenvalue weighted by Gasteiger charge is -2.21. The van der Waals surface area contributed by atoms with Crippen molar-refractivity contribution >= 4 is 21.8 Å². The van der Waals surface area contributed by atoms with E-state index in [0.29, 0.717) is 6.61 Å². The number of nitrogens with one attached hydrogen (secondary N) is 1. The SMILES string of the molecule is COCC(NC(=O)c1cccc(F)c1Br)C(C)C. The summed E-state index contributed by atoms with van der Waals surface area (Å²) in [6.07, 6.45) is 0. The van der Waals surface area contributed by atoms with Crippen molar-refractivity contribution in [3.8, 4) is 0 Å². The number of amides is 1. The van der Waals surface area contributed by atoms with Gasteiger partial charge in [0.15, 0.2) is 0 Å². The molecular formula is C13H17BrFNO2. The van der Waals surface area contributed by atoms with E-state index in [2.05, 4.69) is 21.2 Å². The molecule has 100 valence electrons. The van der Waals surface area contributed by atoms with Crippen molar-refractivity contribution in [2.75, 3.05) is 13.7 Å². The number of hydrogen-bond acceptors (Lipinski definition) is 2. The molecule has 0 aliphatic rings. The summed E-state index contributed by atoms with van der Waals surface area (Å²) in [6.45, 7) is 4.41. The van der Waals surface area contributed by atoms with Crippen LogP contribution in [0.4, 0.5) is 4.39 Å². The highest BCUT2D eigenvalue weighted by Crippen LogP contribution is 2.20. The zero-order valence-electron chi connectivity index (χ0n) is 10.7. The normalized spacial score (nSPS) is 12.6. The van der Waals surface area contributed by atoms with Crippen molar-refractivity contribution in [1.82, 2.24) is 5.32 Å². The molecule has 1 N–H and O–H groups in total. The van der Waals surface area contributed by atoms with Crippen LogP contribution in [0.1, 0.15) is 24.2 Å². The Morgan fingerprint density at radius 2 is 2.17 bits per heavy atom. The van der Waals surface area contributed by atoms with Crippen molar-refractivity contribution in [1.29, 1.82) is 0 Å². The van der Waals surface area contributed by atoms with Gasteiger partial charge in [-0.3, -0.25) is 4.79 Å². The molecular weight excluding hydrogens is 301 g/mol. The van der Waals surface area contributed by atoms with Gasteiger partial charge in [0.2, 0.25) is 0 Å². The van der Waals surface area contributed by atoms with Gasteiger partial charge in [-0.2, -0.15) is 0 Å². The van der Waals surface area contributed by atoms with E-state index in [4.69, 9.17) is 4.74 Å². The van der Waals surface area contributed by atoms with Crippen LogP contribution in [0.2, 0.25) is 0 Å². The third kappa shape index (κ3) is 3.78. The topological polar surface area (TPSA) is 38.3 Å². The van der Waals surface area contributed by atoms with Crippen LogP contribution in [0.25, 0.3) is 0 Å². The summed E-state index contributed by atoms with van der Waals surface area (Å²) >= 11 is 3.08. The summed E-state index contributed by atoms with van der Waals surface area (Å²) in [5.74, 6) is -0.520. The zero-order chi connectivity index (χ0) is 13.7. The number of carbonyl (C=O) groups excluding carboxylic acids is 1. The quantitative estimate of drug-likeness (QED) is 0.906. The van der Waals surface area contributed by atoms with Gasteiger partial charge in [0.1, 0.15) is 5.82 Å². The van der Waals surface area contributed by atoms with Gasteiger partial charge in [-0.1, -0.05) is 19.9 Å². The molecule has 0 radical (unpaired) electrons. The van der Waals surface area contributed by atoms with Crippen LogP contribution in [0, 0.1) is 11.7 Å². The minimum Gasteiger partial charge on any atom is -0.383 e. The van der Waals surface area contributed by atoms with Gasteiger partial charge >= 0.3 is 0 Å². The van der Waals surface area contributed by atoms with E-state index in [-0.39, 0.29) is 27.9 Å². The summed E-state index contributed by atoms with van der Waals surface area (Å²) in [5, 5.41) is 2.84. The average molecular weight is 318 g/mol. The van der Waals surface area contributed by atoms with Gasteiger partial charge in [0.05, 0.1) is 22.7 Å². The number of benzene rings is 1. The Morgan fingerprint density at radius 1 is 1.50 bits per heavy atom. The van der Waals surface area contributed by atoms with E-state index in [9.17, 15) is 9.18 Å². The second-order valence-corrected chi connectivity index (χ2v) is 5.17. The van der Waals surface area contributed by atoms with Crippen molar-refractivity contribution in [3.05, 3.63) is 34.1 Å². The third-order valence-electron chi connectivity index (χ3n) is 2.66. The molecule has 0 heterocycles. The highest BCUT2D eigenvalue weighted by molar-refractivity contribution is 9.10. The third-order valence-corrected chi connectivity index (χ3v) is 3.47. The van der Waals surface area contributed by atoms with Gasteiger partial charge in [0.25, 0.3) is 5.91 Å². The number of hydrogen-bond donors (Lipinski definition) is 1. The van der Waals surface area contributed by atoms with Crippen LogP contribution >= 0.6 is 15.9 Å². The minimum absolute atomic E-state index is 0.0994. The Hall–Kier alpha value is -0.940. The first kappa shape index (κ1) is 15.1. The minimum atomic E-state index is -0.449. The number of halogens is 2. The van der Waals surface area contributed by atoms with Crippen molar-refractivity contribution in [2.45, 2.75) is 19.9 Å². The fourth-order valence-corrected chi connectivity index (χ4v) is 1.95. The smallest absolute Gasteiger partial charge is 0.252 e. The lowest BCUT2D eigenvalue weighted by atomic mass is 10.0. The molecule has 1 aromatic carbocycles. The molecule has 0 bridgehead atoms. The first-order valence-electron chi connectivity index (χ1n) is 5.71. The van der Waals surface area contributed by atoms with E-state index >= 15 is 0 Å². The molecule has 0 aromatic heterocycles. The predicted octanol–water partition coefficient (Wildman–Crippen LogP) is 2.99. The first-order valence-corrected chi connectivity index (χ1v) is 6.50. The second kappa shape index (κ2) is 6.85. The fraction of sp³-hybridized carbons (Fsp3) is 0.462. The molecule has 1 amide bonds. The van der Waals surface area contributed by atoms with Gasteiger partial charge < -0.3 is 10.1 Å². The largest absolute Gasteiger partial charge is 0.383 e. The highest BCUT2D eigenvalue weighted by atomic mass is 79.9. The van der Waals surface area contributed by atoms with Crippen LogP contribution in [0.5, 0.6) is 0 Å². The molecule has 1 unspecified atom stereocenters. The summed E-state index contributed by atoms with van der Waals surface area (Å²) in [5.41, 5.74) is 0.289. The van der Waals surface area contributed by atoms with Gasteiger partial charge in [-0.25, -0.2) is 4.39 Å². The van der Waals surface area contributed by atoms with Crippen LogP contribution in [0.3, 0.4) is 0 Å². The maximum Gasteiger partial charge on any atom is 0.252 e. The molecule has 3 nitrogen and oxygen atoms in total. The van der Waals surface area contributed by atoms with E-state index in [0.717, 1.165) is 0 Å². The zero-order valence-corrected chi connectivity index (χ0v) is 12.3. The molecule has 0 aliphatic carbocycles. The maximum absolute atomic E-state index is 13.3. The Kier molecular flexibility index (Phi) is 5.75. The van der Waals surface area contributed by atoms with E-state index in [1.54, 1.807) is 13.2 Å². The van der Waals surface area contributed by atoms with Crippen LogP contribution in [-0.4, -0.2) is 25.7 Å². The van der Waals surface area contributed by atoms with Crippen LogP contribution in [0.15, 0.2) is 22.7 Å². The predicted molar refractivity (Wildman–Crippen MR) is 72.1 cm³/mol. The number of methoxy groups -OCH3 is 1. The van der Waals surface area contributed by atoms with E-state index < -0.39 is 5.82 Å². The molecule has 0 saturated carbocycles. The van der Waals surface area contributed by atoms with Crippen molar-refractivity contribution in [2.24, 2.45) is 5.92 Å². The molecule has 5 heteroatoms. The summed E-state index contributed by atoms with van der Waals surface area (Å²) in [7, 11) is 1.58. The number of ether oxygens (including phenoxy) is 1. The second-order valence-electron chi connectivity index (χ2n) is 4.38. The molecule has 0 aliphatic heterocycles. The van der Waals surface area contributed by atoms with Gasteiger partial charge in [-0.15, -0.1) is 0 Å². The molecule has 0 fully saturated rings. The Bertz CT molecular complexity index is 423. The van der Waals surface area contributed by atoms with E-state index in [1.165, 1.54) is 12.1 Å². The summed E-state index contributed by atoms with van der Waals surface area (Å²) in [4.78, 5) is 12.0. The van der Waals surface area contributed by atoms with Crippen molar-refractivity contribution < 1.29 is 13.9 Å². The van der Waals surface area contributed by atoms with Gasteiger partial charge in [-0.05, 0) is 34.0 Å². The first-order chi connectivity index (χ1) is 8.47. The molecule has 1 rings (SSSR count). The molecule has 0 saturated heterocycles. The summed E-state index contributed by atoms with van der Waals surface area (Å²) in [6, 6.07) is 4.29.